The third kappa shape index (κ3) is 3.54. The lowest BCUT2D eigenvalue weighted by Crippen LogP contribution is -2.34. The Hall–Kier alpha value is -2.33. The fraction of sp³-hybridized carbons (Fsp3) is 0.316. The fourth-order valence-corrected chi connectivity index (χ4v) is 2.78. The number of ether oxygens (including phenoxy) is 1. The predicted octanol–water partition coefficient (Wildman–Crippen LogP) is 3.65. The van der Waals surface area contributed by atoms with Crippen LogP contribution in [0.2, 0.25) is 0 Å². The molecule has 0 fully saturated rings. The van der Waals surface area contributed by atoms with E-state index in [0.29, 0.717) is 0 Å². The summed E-state index contributed by atoms with van der Waals surface area (Å²) in [5, 5.41) is 6.49. The Labute approximate surface area is 136 Å². The molecule has 2 aromatic carbocycles. The molecule has 0 aromatic heterocycles. The van der Waals surface area contributed by atoms with Crippen LogP contribution in [0.25, 0.3) is 0 Å². The number of fused-ring (bicyclic) bond motifs is 1. The van der Waals surface area contributed by atoms with Crippen molar-refractivity contribution in [3.63, 3.8) is 0 Å². The van der Waals surface area contributed by atoms with Crippen LogP contribution < -0.4 is 15.4 Å². The second-order valence-electron chi connectivity index (χ2n) is 5.83. The van der Waals surface area contributed by atoms with Crippen LogP contribution in [0, 0.1) is 0 Å². The molecular weight excluding hydrogens is 288 g/mol. The number of anilines is 1. The van der Waals surface area contributed by atoms with E-state index in [1.54, 1.807) is 6.92 Å². The van der Waals surface area contributed by atoms with E-state index in [0.717, 1.165) is 30.0 Å². The molecule has 1 heterocycles. The normalized spacial score (nSPS) is 17.8. The maximum Gasteiger partial charge on any atom is 0.265 e. The number of hydrogen-bond donors (Lipinski definition) is 2. The first-order valence-corrected chi connectivity index (χ1v) is 8.06. The van der Waals surface area contributed by atoms with Crippen molar-refractivity contribution in [1.82, 2.24) is 5.32 Å². The minimum atomic E-state index is -0.438. The topological polar surface area (TPSA) is 50.4 Å². The van der Waals surface area contributed by atoms with Gasteiger partial charge in [-0.3, -0.25) is 4.79 Å². The number of rotatable bonds is 5. The third-order valence-corrected chi connectivity index (χ3v) is 4.14. The fourth-order valence-electron chi connectivity index (χ4n) is 2.78. The Morgan fingerprint density at radius 2 is 2.00 bits per heavy atom. The molecule has 120 valence electrons. The first-order valence-electron chi connectivity index (χ1n) is 8.06. The second-order valence-corrected chi connectivity index (χ2v) is 5.83. The van der Waals surface area contributed by atoms with Gasteiger partial charge in [0.25, 0.3) is 5.91 Å². The van der Waals surface area contributed by atoms with Crippen LogP contribution in [-0.2, 0) is 11.3 Å². The molecule has 2 atom stereocenters. The molecule has 2 unspecified atom stereocenters. The maximum atomic E-state index is 11.8. The Morgan fingerprint density at radius 1 is 1.22 bits per heavy atom. The molecule has 4 heteroatoms. The largest absolute Gasteiger partial charge is 0.479 e. The van der Waals surface area contributed by atoms with Gasteiger partial charge in [-0.2, -0.15) is 0 Å². The zero-order valence-electron chi connectivity index (χ0n) is 13.5. The summed E-state index contributed by atoms with van der Waals surface area (Å²) in [6.45, 7) is 4.72. The number of nitrogens with one attached hydrogen (secondary N) is 2. The monoisotopic (exact) mass is 310 g/mol. The first-order chi connectivity index (χ1) is 11.2. The molecule has 4 nitrogen and oxygen atoms in total. The van der Waals surface area contributed by atoms with Crippen molar-refractivity contribution in [2.45, 2.75) is 39.0 Å². The van der Waals surface area contributed by atoms with Gasteiger partial charge in [0.05, 0.1) is 5.69 Å². The van der Waals surface area contributed by atoms with Gasteiger partial charge in [0.1, 0.15) is 5.75 Å². The molecule has 1 aliphatic rings. The number of carbonyl (C=O) groups excluding carboxylic acids is 1. The summed E-state index contributed by atoms with van der Waals surface area (Å²) in [7, 11) is 0. The highest BCUT2D eigenvalue weighted by Crippen LogP contribution is 2.32. The molecule has 0 radical (unpaired) electrons. The lowest BCUT2D eigenvalue weighted by Gasteiger charge is -2.25. The number of carbonyl (C=O) groups is 1. The van der Waals surface area contributed by atoms with Crippen LogP contribution in [-0.4, -0.2) is 12.0 Å². The van der Waals surface area contributed by atoms with Gasteiger partial charge in [-0.15, -0.1) is 0 Å². The van der Waals surface area contributed by atoms with Crippen LogP contribution in [0.1, 0.15) is 37.4 Å². The van der Waals surface area contributed by atoms with Crippen molar-refractivity contribution in [2.24, 2.45) is 0 Å². The molecule has 3 rings (SSSR count). The van der Waals surface area contributed by atoms with Gasteiger partial charge in [-0.05, 0) is 36.6 Å². The highest BCUT2D eigenvalue weighted by atomic mass is 16.5. The Bertz CT molecular complexity index is 685. The molecule has 2 N–H and O–H groups in total. The van der Waals surface area contributed by atoms with Gasteiger partial charge < -0.3 is 15.4 Å². The van der Waals surface area contributed by atoms with E-state index in [9.17, 15) is 4.79 Å². The molecule has 2 aromatic rings. The lowest BCUT2D eigenvalue weighted by atomic mass is 10.0. The van der Waals surface area contributed by atoms with Gasteiger partial charge >= 0.3 is 0 Å². The van der Waals surface area contributed by atoms with Gasteiger partial charge in [0, 0.05) is 12.6 Å². The van der Waals surface area contributed by atoms with Crippen molar-refractivity contribution >= 4 is 11.6 Å². The third-order valence-electron chi connectivity index (χ3n) is 4.14. The molecule has 0 bridgehead atoms. The number of benzene rings is 2. The van der Waals surface area contributed by atoms with Crippen molar-refractivity contribution < 1.29 is 9.53 Å². The molecule has 23 heavy (non-hydrogen) atoms. The average Bonchev–Trinajstić information content (AvgIpc) is 2.57. The Morgan fingerprint density at radius 3 is 2.74 bits per heavy atom. The van der Waals surface area contributed by atoms with E-state index >= 15 is 0 Å². The van der Waals surface area contributed by atoms with Gasteiger partial charge in [-0.1, -0.05) is 43.3 Å². The summed E-state index contributed by atoms with van der Waals surface area (Å²) in [5.74, 6) is 0.638. The molecule has 0 spiro atoms. The molecular formula is C19H22N2O2. The SMILES string of the molecule is CCC(NCc1ccccc1)c1ccc2c(c1)NC(=O)C(C)O2. The molecule has 0 saturated heterocycles. The summed E-state index contributed by atoms with van der Waals surface area (Å²) >= 11 is 0. The minimum Gasteiger partial charge on any atom is -0.479 e. The van der Waals surface area contributed by atoms with Crippen LogP contribution >= 0.6 is 0 Å². The minimum absolute atomic E-state index is 0.0973. The van der Waals surface area contributed by atoms with Crippen LogP contribution in [0.15, 0.2) is 48.5 Å². The highest BCUT2D eigenvalue weighted by Gasteiger charge is 2.24. The zero-order valence-corrected chi connectivity index (χ0v) is 13.5. The highest BCUT2D eigenvalue weighted by molar-refractivity contribution is 5.97. The van der Waals surface area contributed by atoms with E-state index in [1.165, 1.54) is 5.56 Å². The standard InChI is InChI=1S/C19H22N2O2/c1-3-16(20-12-14-7-5-4-6-8-14)15-9-10-18-17(11-15)21-19(22)13(2)23-18/h4-11,13,16,20H,3,12H2,1-2H3,(H,21,22). The van der Waals surface area contributed by atoms with E-state index < -0.39 is 6.10 Å². The Kier molecular flexibility index (Phi) is 4.63. The molecule has 1 aliphatic heterocycles. The maximum absolute atomic E-state index is 11.8. The summed E-state index contributed by atoms with van der Waals surface area (Å²) in [5.41, 5.74) is 3.17. The van der Waals surface area contributed by atoms with Crippen molar-refractivity contribution in [1.29, 1.82) is 0 Å². The van der Waals surface area contributed by atoms with Crippen LogP contribution in [0.5, 0.6) is 5.75 Å². The van der Waals surface area contributed by atoms with E-state index in [2.05, 4.69) is 35.8 Å². The lowest BCUT2D eigenvalue weighted by molar-refractivity contribution is -0.122. The van der Waals surface area contributed by atoms with E-state index in [1.807, 2.05) is 30.3 Å². The van der Waals surface area contributed by atoms with Crippen molar-refractivity contribution in [3.05, 3.63) is 59.7 Å². The molecule has 0 aliphatic carbocycles. The predicted molar refractivity (Wildman–Crippen MR) is 91.5 cm³/mol. The molecule has 0 saturated carbocycles. The quantitative estimate of drug-likeness (QED) is 0.886. The molecule has 1 amide bonds. The Balaban J connectivity index is 1.74. The summed E-state index contributed by atoms with van der Waals surface area (Å²) < 4.78 is 5.61. The van der Waals surface area contributed by atoms with Crippen LogP contribution in [0.3, 0.4) is 0 Å². The zero-order chi connectivity index (χ0) is 16.2. The number of hydrogen-bond acceptors (Lipinski definition) is 3. The van der Waals surface area contributed by atoms with Crippen LogP contribution in [0.4, 0.5) is 5.69 Å². The van der Waals surface area contributed by atoms with Gasteiger partial charge in [0.2, 0.25) is 0 Å². The number of amides is 1. The summed E-state index contributed by atoms with van der Waals surface area (Å²) in [6, 6.07) is 16.6. The smallest absolute Gasteiger partial charge is 0.265 e. The summed E-state index contributed by atoms with van der Waals surface area (Å²) in [6.07, 6.45) is 0.531. The van der Waals surface area contributed by atoms with Crippen molar-refractivity contribution in [2.75, 3.05) is 5.32 Å². The average molecular weight is 310 g/mol. The van der Waals surface area contributed by atoms with Gasteiger partial charge in [0.15, 0.2) is 6.10 Å². The van der Waals surface area contributed by atoms with E-state index in [-0.39, 0.29) is 11.9 Å². The first kappa shape index (κ1) is 15.6. The van der Waals surface area contributed by atoms with Crippen molar-refractivity contribution in [3.8, 4) is 5.75 Å². The van der Waals surface area contributed by atoms with E-state index in [4.69, 9.17) is 4.74 Å². The van der Waals surface area contributed by atoms with Gasteiger partial charge in [-0.25, -0.2) is 0 Å². The summed E-state index contributed by atoms with van der Waals surface area (Å²) in [4.78, 5) is 11.8. The second kappa shape index (κ2) is 6.84.